The molecule has 0 saturated carbocycles. The van der Waals surface area contributed by atoms with Gasteiger partial charge in [0.2, 0.25) is 5.91 Å². The van der Waals surface area contributed by atoms with Crippen molar-refractivity contribution in [1.82, 2.24) is 15.3 Å². The third-order valence-electron chi connectivity index (χ3n) is 1.80. The maximum Gasteiger partial charge on any atom is 0.236 e. The van der Waals surface area contributed by atoms with E-state index in [9.17, 15) is 4.79 Å². The van der Waals surface area contributed by atoms with Crippen LogP contribution >= 0.6 is 15.9 Å². The number of hydrogen-bond donors (Lipinski definition) is 1. The van der Waals surface area contributed by atoms with Gasteiger partial charge in [0.1, 0.15) is 5.82 Å². The van der Waals surface area contributed by atoms with Crippen LogP contribution in [0, 0.1) is 6.92 Å². The van der Waals surface area contributed by atoms with Crippen molar-refractivity contribution in [3.63, 3.8) is 0 Å². The smallest absolute Gasteiger partial charge is 0.236 e. The predicted octanol–water partition coefficient (Wildman–Crippen LogP) is 1.57. The SMILES string of the molecule is Cc1nccc(CNC(=O)C(C)(C)Br)n1. The van der Waals surface area contributed by atoms with Crippen LogP contribution in [-0.4, -0.2) is 20.2 Å². The van der Waals surface area contributed by atoms with Crippen LogP contribution in [0.1, 0.15) is 25.4 Å². The van der Waals surface area contributed by atoms with Crippen molar-refractivity contribution >= 4 is 21.8 Å². The first-order chi connectivity index (χ1) is 6.89. The minimum Gasteiger partial charge on any atom is -0.349 e. The number of halogens is 1. The lowest BCUT2D eigenvalue weighted by molar-refractivity contribution is -0.122. The van der Waals surface area contributed by atoms with Crippen molar-refractivity contribution in [3.8, 4) is 0 Å². The Bertz CT molecular complexity index is 360. The van der Waals surface area contributed by atoms with Crippen molar-refractivity contribution in [1.29, 1.82) is 0 Å². The number of hydrogen-bond acceptors (Lipinski definition) is 3. The number of nitrogens with zero attached hydrogens (tertiary/aromatic N) is 2. The Kier molecular flexibility index (Phi) is 3.79. The number of carbonyl (C=O) groups excluding carboxylic acids is 1. The number of aryl methyl sites for hydroxylation is 1. The summed E-state index contributed by atoms with van der Waals surface area (Å²) in [6, 6.07) is 1.79. The molecule has 1 amide bonds. The van der Waals surface area contributed by atoms with E-state index < -0.39 is 4.32 Å². The average Bonchev–Trinajstić information content (AvgIpc) is 2.12. The van der Waals surface area contributed by atoms with Gasteiger partial charge < -0.3 is 5.32 Å². The number of aromatic nitrogens is 2. The summed E-state index contributed by atoms with van der Waals surface area (Å²) in [6.45, 7) is 5.85. The van der Waals surface area contributed by atoms with Crippen LogP contribution in [0.25, 0.3) is 0 Å². The summed E-state index contributed by atoms with van der Waals surface area (Å²) in [7, 11) is 0. The molecule has 1 rings (SSSR count). The maximum absolute atomic E-state index is 11.5. The summed E-state index contributed by atoms with van der Waals surface area (Å²) in [4.78, 5) is 19.7. The number of amides is 1. The highest BCUT2D eigenvalue weighted by atomic mass is 79.9. The van der Waals surface area contributed by atoms with E-state index >= 15 is 0 Å². The lowest BCUT2D eigenvalue weighted by atomic mass is 10.2. The summed E-state index contributed by atoms with van der Waals surface area (Å²) in [6.07, 6.45) is 1.68. The predicted molar refractivity (Wildman–Crippen MR) is 61.6 cm³/mol. The van der Waals surface area contributed by atoms with Crippen LogP contribution in [0.5, 0.6) is 0 Å². The maximum atomic E-state index is 11.5. The summed E-state index contributed by atoms with van der Waals surface area (Å²) in [5.41, 5.74) is 0.813. The minimum absolute atomic E-state index is 0.0567. The summed E-state index contributed by atoms with van der Waals surface area (Å²) < 4.78 is -0.547. The van der Waals surface area contributed by atoms with E-state index in [2.05, 4.69) is 31.2 Å². The van der Waals surface area contributed by atoms with E-state index in [-0.39, 0.29) is 5.91 Å². The van der Waals surface area contributed by atoms with Gasteiger partial charge in [0.15, 0.2) is 0 Å². The zero-order valence-corrected chi connectivity index (χ0v) is 10.6. The lowest BCUT2D eigenvalue weighted by Gasteiger charge is -2.15. The van der Waals surface area contributed by atoms with Crippen LogP contribution in [0.2, 0.25) is 0 Å². The highest BCUT2D eigenvalue weighted by Crippen LogP contribution is 2.15. The van der Waals surface area contributed by atoms with E-state index in [0.29, 0.717) is 12.4 Å². The van der Waals surface area contributed by atoms with Crippen molar-refractivity contribution < 1.29 is 4.79 Å². The molecule has 0 atom stereocenters. The number of nitrogens with one attached hydrogen (secondary N) is 1. The Hall–Kier alpha value is -0.970. The molecule has 1 aromatic heterocycles. The van der Waals surface area contributed by atoms with Crippen LogP contribution in [-0.2, 0) is 11.3 Å². The van der Waals surface area contributed by atoms with Crippen LogP contribution in [0.3, 0.4) is 0 Å². The molecule has 0 bridgehead atoms. The molecule has 0 radical (unpaired) electrons. The third-order valence-corrected chi connectivity index (χ3v) is 2.16. The fourth-order valence-electron chi connectivity index (χ4n) is 0.985. The Balaban J connectivity index is 2.55. The fraction of sp³-hybridized carbons (Fsp3) is 0.500. The van der Waals surface area contributed by atoms with E-state index in [4.69, 9.17) is 0 Å². The standard InChI is InChI=1S/C10H14BrN3O/c1-7-12-5-4-8(14-7)6-13-9(15)10(2,3)11/h4-5H,6H2,1-3H3,(H,13,15). The zero-order chi connectivity index (χ0) is 11.5. The number of carbonyl (C=O) groups is 1. The second kappa shape index (κ2) is 4.70. The second-order valence-electron chi connectivity index (χ2n) is 3.75. The first-order valence-electron chi connectivity index (χ1n) is 4.65. The molecule has 0 aliphatic carbocycles. The Morgan fingerprint density at radius 2 is 2.27 bits per heavy atom. The molecule has 82 valence electrons. The van der Waals surface area contributed by atoms with E-state index in [1.807, 2.05) is 6.92 Å². The van der Waals surface area contributed by atoms with E-state index in [1.54, 1.807) is 26.1 Å². The van der Waals surface area contributed by atoms with Crippen molar-refractivity contribution in [3.05, 3.63) is 23.8 Å². The summed E-state index contributed by atoms with van der Waals surface area (Å²) >= 11 is 3.29. The van der Waals surface area contributed by atoms with Gasteiger partial charge >= 0.3 is 0 Å². The monoisotopic (exact) mass is 271 g/mol. The molecule has 0 fully saturated rings. The highest BCUT2D eigenvalue weighted by Gasteiger charge is 2.22. The Labute approximate surface area is 97.6 Å². The van der Waals surface area contributed by atoms with Crippen molar-refractivity contribution in [2.45, 2.75) is 31.6 Å². The molecule has 0 aromatic carbocycles. The molecule has 5 heteroatoms. The molecule has 1 aromatic rings. The van der Waals surface area contributed by atoms with Crippen LogP contribution in [0.15, 0.2) is 12.3 Å². The normalized spacial score (nSPS) is 11.2. The molecule has 0 unspecified atom stereocenters. The van der Waals surface area contributed by atoms with Gasteiger partial charge in [-0.15, -0.1) is 0 Å². The molecule has 0 aliphatic heterocycles. The number of rotatable bonds is 3. The minimum atomic E-state index is -0.547. The molecule has 1 heterocycles. The van der Waals surface area contributed by atoms with Gasteiger partial charge in [0.25, 0.3) is 0 Å². The quantitative estimate of drug-likeness (QED) is 0.850. The first-order valence-corrected chi connectivity index (χ1v) is 5.44. The van der Waals surface area contributed by atoms with Gasteiger partial charge in [-0.3, -0.25) is 4.79 Å². The van der Waals surface area contributed by atoms with Gasteiger partial charge in [-0.05, 0) is 26.8 Å². The van der Waals surface area contributed by atoms with Gasteiger partial charge in [0, 0.05) is 6.20 Å². The van der Waals surface area contributed by atoms with Crippen molar-refractivity contribution in [2.24, 2.45) is 0 Å². The third kappa shape index (κ3) is 3.95. The Morgan fingerprint density at radius 3 is 2.80 bits per heavy atom. The summed E-state index contributed by atoms with van der Waals surface area (Å²) in [5.74, 6) is 0.651. The molecule has 1 N–H and O–H groups in total. The fourth-order valence-corrected chi connectivity index (χ4v) is 1.12. The van der Waals surface area contributed by atoms with E-state index in [1.165, 1.54) is 0 Å². The molecular formula is C10H14BrN3O. The van der Waals surface area contributed by atoms with Crippen LogP contribution < -0.4 is 5.32 Å². The molecule has 0 aliphatic rings. The average molecular weight is 272 g/mol. The molecule has 0 spiro atoms. The molecule has 0 saturated heterocycles. The number of alkyl halides is 1. The zero-order valence-electron chi connectivity index (χ0n) is 9.04. The Morgan fingerprint density at radius 1 is 1.60 bits per heavy atom. The molecular weight excluding hydrogens is 258 g/mol. The molecule has 4 nitrogen and oxygen atoms in total. The topological polar surface area (TPSA) is 54.9 Å². The molecule has 15 heavy (non-hydrogen) atoms. The first kappa shape index (κ1) is 12.1. The lowest BCUT2D eigenvalue weighted by Crippen LogP contribution is -2.37. The highest BCUT2D eigenvalue weighted by molar-refractivity contribution is 9.10. The van der Waals surface area contributed by atoms with Crippen molar-refractivity contribution in [2.75, 3.05) is 0 Å². The van der Waals surface area contributed by atoms with Gasteiger partial charge in [-0.25, -0.2) is 9.97 Å². The van der Waals surface area contributed by atoms with E-state index in [0.717, 1.165) is 5.69 Å². The van der Waals surface area contributed by atoms with Crippen LogP contribution in [0.4, 0.5) is 0 Å². The van der Waals surface area contributed by atoms with Gasteiger partial charge in [-0.1, -0.05) is 15.9 Å². The largest absolute Gasteiger partial charge is 0.349 e. The summed E-state index contributed by atoms with van der Waals surface area (Å²) in [5, 5.41) is 2.79. The van der Waals surface area contributed by atoms with Gasteiger partial charge in [-0.2, -0.15) is 0 Å². The van der Waals surface area contributed by atoms with Gasteiger partial charge in [0.05, 0.1) is 16.6 Å². The second-order valence-corrected chi connectivity index (χ2v) is 5.73.